The zero-order valence-electron chi connectivity index (χ0n) is 10.3. The number of halogens is 1. The van der Waals surface area contributed by atoms with Crippen molar-refractivity contribution in [2.24, 2.45) is 0 Å². The standard InChI is InChI=1S/C13H8ClN3O2S/c1-18-13-16-17-6-9(15-12(17)20-13)11-4-7-2-3-8(14)5-10(7)19-11/h2-6H,1H3. The number of methoxy groups -OCH3 is 1. The normalized spacial score (nSPS) is 11.5. The summed E-state index contributed by atoms with van der Waals surface area (Å²) >= 11 is 7.33. The fraction of sp³-hybridized carbons (Fsp3) is 0.0769. The molecule has 0 fully saturated rings. The van der Waals surface area contributed by atoms with Crippen LogP contribution in [0.1, 0.15) is 0 Å². The molecule has 0 bridgehead atoms. The summed E-state index contributed by atoms with van der Waals surface area (Å²) in [4.78, 5) is 5.24. The third-order valence-electron chi connectivity index (χ3n) is 2.93. The van der Waals surface area contributed by atoms with Crippen molar-refractivity contribution < 1.29 is 9.15 Å². The number of hydrogen-bond donors (Lipinski definition) is 0. The van der Waals surface area contributed by atoms with Gasteiger partial charge in [0.05, 0.1) is 13.3 Å². The van der Waals surface area contributed by atoms with E-state index in [4.69, 9.17) is 20.8 Å². The second-order valence-electron chi connectivity index (χ2n) is 4.22. The van der Waals surface area contributed by atoms with Crippen molar-refractivity contribution in [1.82, 2.24) is 14.6 Å². The first kappa shape index (κ1) is 11.7. The van der Waals surface area contributed by atoms with Gasteiger partial charge in [-0.2, -0.15) is 0 Å². The highest BCUT2D eigenvalue weighted by Crippen LogP contribution is 2.30. The molecule has 0 unspecified atom stereocenters. The molecular formula is C13H8ClN3O2S. The van der Waals surface area contributed by atoms with E-state index in [1.807, 2.05) is 24.4 Å². The maximum atomic E-state index is 5.95. The lowest BCUT2D eigenvalue weighted by Gasteiger charge is -1.89. The molecular weight excluding hydrogens is 298 g/mol. The molecule has 7 heteroatoms. The number of nitrogens with zero attached hydrogens (tertiary/aromatic N) is 3. The summed E-state index contributed by atoms with van der Waals surface area (Å²) < 4.78 is 12.5. The summed E-state index contributed by atoms with van der Waals surface area (Å²) in [6.45, 7) is 0. The topological polar surface area (TPSA) is 52.6 Å². The molecule has 0 spiro atoms. The number of aromatic nitrogens is 3. The Labute approximate surface area is 122 Å². The minimum absolute atomic E-state index is 0.579. The van der Waals surface area contributed by atoms with E-state index in [0.29, 0.717) is 16.0 Å². The van der Waals surface area contributed by atoms with Crippen LogP contribution in [0.2, 0.25) is 5.02 Å². The first-order valence-electron chi connectivity index (χ1n) is 5.82. The van der Waals surface area contributed by atoms with Gasteiger partial charge in [0.1, 0.15) is 11.3 Å². The van der Waals surface area contributed by atoms with E-state index in [1.54, 1.807) is 17.7 Å². The zero-order valence-corrected chi connectivity index (χ0v) is 11.9. The van der Waals surface area contributed by atoms with Crippen LogP contribution in [0.4, 0.5) is 0 Å². The molecule has 4 aromatic rings. The summed E-state index contributed by atoms with van der Waals surface area (Å²) in [7, 11) is 1.59. The summed E-state index contributed by atoms with van der Waals surface area (Å²) in [5, 5.41) is 6.45. The quantitative estimate of drug-likeness (QED) is 0.564. The fourth-order valence-corrected chi connectivity index (χ4v) is 2.88. The molecule has 0 saturated heterocycles. The molecule has 0 amide bonds. The Morgan fingerprint density at radius 3 is 3.05 bits per heavy atom. The van der Waals surface area contributed by atoms with Gasteiger partial charge in [-0.15, -0.1) is 5.10 Å². The van der Waals surface area contributed by atoms with Crippen LogP contribution in [0.15, 0.2) is 34.9 Å². The van der Waals surface area contributed by atoms with Crippen molar-refractivity contribution in [3.8, 4) is 16.6 Å². The molecule has 3 heterocycles. The highest BCUT2D eigenvalue weighted by Gasteiger charge is 2.13. The third kappa shape index (κ3) is 1.76. The molecule has 3 aromatic heterocycles. The minimum atomic E-state index is 0.579. The molecule has 100 valence electrons. The van der Waals surface area contributed by atoms with E-state index in [0.717, 1.165) is 21.6 Å². The predicted octanol–water partition coefficient (Wildman–Crippen LogP) is 3.87. The van der Waals surface area contributed by atoms with E-state index in [-0.39, 0.29) is 0 Å². The first-order valence-corrected chi connectivity index (χ1v) is 7.02. The monoisotopic (exact) mass is 305 g/mol. The third-order valence-corrected chi connectivity index (χ3v) is 4.05. The van der Waals surface area contributed by atoms with Gasteiger partial charge >= 0.3 is 0 Å². The van der Waals surface area contributed by atoms with Gasteiger partial charge in [0.2, 0.25) is 4.96 Å². The van der Waals surface area contributed by atoms with Crippen molar-refractivity contribution in [2.75, 3.05) is 7.11 Å². The number of fused-ring (bicyclic) bond motifs is 2. The van der Waals surface area contributed by atoms with Gasteiger partial charge in [-0.05, 0) is 29.5 Å². The Hall–Kier alpha value is -2.05. The Morgan fingerprint density at radius 1 is 1.35 bits per heavy atom. The van der Waals surface area contributed by atoms with Crippen molar-refractivity contribution in [1.29, 1.82) is 0 Å². The molecule has 0 atom stereocenters. The highest BCUT2D eigenvalue weighted by atomic mass is 35.5. The minimum Gasteiger partial charge on any atom is -0.472 e. The Bertz CT molecular complexity index is 893. The molecule has 1 aromatic carbocycles. The number of hydrogen-bond acceptors (Lipinski definition) is 5. The number of rotatable bonds is 2. The number of benzene rings is 1. The average molecular weight is 306 g/mol. The van der Waals surface area contributed by atoms with Crippen LogP contribution in [0.5, 0.6) is 5.19 Å². The molecule has 0 saturated carbocycles. The summed E-state index contributed by atoms with van der Waals surface area (Å²) in [5.41, 5.74) is 1.48. The van der Waals surface area contributed by atoms with Gasteiger partial charge in [-0.25, -0.2) is 9.50 Å². The molecule has 0 radical (unpaired) electrons. The molecule has 20 heavy (non-hydrogen) atoms. The summed E-state index contributed by atoms with van der Waals surface area (Å²) in [6, 6.07) is 7.49. The molecule has 5 nitrogen and oxygen atoms in total. The van der Waals surface area contributed by atoms with E-state index >= 15 is 0 Å². The molecule has 0 aliphatic heterocycles. The maximum absolute atomic E-state index is 5.95. The Morgan fingerprint density at radius 2 is 2.25 bits per heavy atom. The van der Waals surface area contributed by atoms with Crippen molar-refractivity contribution in [3.05, 3.63) is 35.5 Å². The van der Waals surface area contributed by atoms with E-state index in [2.05, 4.69) is 10.1 Å². The highest BCUT2D eigenvalue weighted by molar-refractivity contribution is 7.18. The van der Waals surface area contributed by atoms with E-state index < -0.39 is 0 Å². The number of ether oxygens (including phenoxy) is 1. The van der Waals surface area contributed by atoms with Crippen molar-refractivity contribution in [2.45, 2.75) is 0 Å². The van der Waals surface area contributed by atoms with Gasteiger partial charge < -0.3 is 9.15 Å². The van der Waals surface area contributed by atoms with Gasteiger partial charge in [0.15, 0.2) is 5.76 Å². The van der Waals surface area contributed by atoms with E-state index in [9.17, 15) is 0 Å². The predicted molar refractivity (Wildman–Crippen MR) is 77.6 cm³/mol. The second-order valence-corrected chi connectivity index (χ2v) is 5.57. The molecule has 4 rings (SSSR count). The summed E-state index contributed by atoms with van der Waals surface area (Å²) in [6.07, 6.45) is 1.81. The SMILES string of the molecule is COc1nn2cc(-c3cc4ccc(Cl)cc4o3)nc2s1. The largest absolute Gasteiger partial charge is 0.472 e. The molecule has 0 aliphatic carbocycles. The van der Waals surface area contributed by atoms with Gasteiger partial charge in [-0.3, -0.25) is 0 Å². The van der Waals surface area contributed by atoms with Crippen LogP contribution in [0.25, 0.3) is 27.4 Å². The Kier molecular flexibility index (Phi) is 2.48. The number of imidazole rings is 1. The first-order chi connectivity index (χ1) is 9.72. The summed E-state index contributed by atoms with van der Waals surface area (Å²) in [5.74, 6) is 0.693. The maximum Gasteiger partial charge on any atom is 0.294 e. The van der Waals surface area contributed by atoms with Crippen LogP contribution in [-0.2, 0) is 0 Å². The van der Waals surface area contributed by atoms with Gasteiger partial charge in [0, 0.05) is 16.5 Å². The zero-order chi connectivity index (χ0) is 13.7. The van der Waals surface area contributed by atoms with Crippen LogP contribution >= 0.6 is 22.9 Å². The van der Waals surface area contributed by atoms with Gasteiger partial charge in [-0.1, -0.05) is 11.6 Å². The molecule has 0 aliphatic rings. The second kappa shape index (κ2) is 4.22. The average Bonchev–Trinajstić information content (AvgIpc) is 3.08. The lowest BCUT2D eigenvalue weighted by Crippen LogP contribution is -1.84. The lowest BCUT2D eigenvalue weighted by atomic mass is 10.2. The smallest absolute Gasteiger partial charge is 0.294 e. The van der Waals surface area contributed by atoms with Crippen molar-refractivity contribution in [3.63, 3.8) is 0 Å². The van der Waals surface area contributed by atoms with Crippen LogP contribution in [0, 0.1) is 0 Å². The molecule has 0 N–H and O–H groups in total. The van der Waals surface area contributed by atoms with E-state index in [1.165, 1.54) is 11.3 Å². The van der Waals surface area contributed by atoms with Crippen LogP contribution in [0.3, 0.4) is 0 Å². The Balaban J connectivity index is 1.84. The van der Waals surface area contributed by atoms with Crippen molar-refractivity contribution >= 4 is 38.9 Å². The fourth-order valence-electron chi connectivity index (χ4n) is 2.01. The van der Waals surface area contributed by atoms with Crippen LogP contribution < -0.4 is 4.74 Å². The number of furan rings is 1. The lowest BCUT2D eigenvalue weighted by molar-refractivity contribution is 0.405. The van der Waals surface area contributed by atoms with Crippen LogP contribution in [-0.4, -0.2) is 21.7 Å². The van der Waals surface area contributed by atoms with Gasteiger partial charge in [0.25, 0.3) is 5.19 Å².